The molecule has 1 saturated heterocycles. The standard InChI is InChI=1S/C15H23N7/c1-3-22-17-11-14(20-22)16-10-13-9-12(2)18-15(19-13)21-7-5-4-6-8-21/h9,11H,3-8,10H2,1-2H3,(H,16,20). The molecular weight excluding hydrogens is 278 g/mol. The molecule has 7 nitrogen and oxygen atoms in total. The third-order valence-electron chi connectivity index (χ3n) is 3.80. The molecule has 2 aromatic heterocycles. The highest BCUT2D eigenvalue weighted by Crippen LogP contribution is 2.17. The van der Waals surface area contributed by atoms with Crippen molar-refractivity contribution in [2.45, 2.75) is 46.2 Å². The molecule has 1 N–H and O–H groups in total. The monoisotopic (exact) mass is 301 g/mol. The zero-order valence-corrected chi connectivity index (χ0v) is 13.3. The Morgan fingerprint density at radius 2 is 2.00 bits per heavy atom. The second kappa shape index (κ2) is 6.72. The van der Waals surface area contributed by atoms with Crippen LogP contribution in [0.2, 0.25) is 0 Å². The lowest BCUT2D eigenvalue weighted by atomic mass is 10.1. The zero-order chi connectivity index (χ0) is 15.4. The van der Waals surface area contributed by atoms with E-state index in [0.717, 1.165) is 42.8 Å². The SMILES string of the molecule is CCn1ncc(NCc2cc(C)nc(N3CCCCC3)n2)n1. The van der Waals surface area contributed by atoms with Crippen LogP contribution in [0.4, 0.5) is 11.8 Å². The van der Waals surface area contributed by atoms with E-state index in [0.29, 0.717) is 6.54 Å². The Hall–Kier alpha value is -2.18. The minimum atomic E-state index is 0.632. The molecule has 1 aliphatic rings. The van der Waals surface area contributed by atoms with Crippen molar-refractivity contribution in [3.8, 4) is 0 Å². The average molecular weight is 301 g/mol. The molecule has 1 aliphatic heterocycles. The van der Waals surface area contributed by atoms with E-state index in [9.17, 15) is 0 Å². The first-order valence-electron chi connectivity index (χ1n) is 7.98. The molecule has 7 heteroatoms. The molecule has 2 aromatic rings. The van der Waals surface area contributed by atoms with Crippen LogP contribution < -0.4 is 10.2 Å². The molecule has 22 heavy (non-hydrogen) atoms. The van der Waals surface area contributed by atoms with E-state index in [1.807, 2.05) is 19.9 Å². The Labute approximate surface area is 130 Å². The van der Waals surface area contributed by atoms with Gasteiger partial charge in [-0.2, -0.15) is 9.90 Å². The summed E-state index contributed by atoms with van der Waals surface area (Å²) >= 11 is 0. The number of nitrogens with zero attached hydrogens (tertiary/aromatic N) is 6. The summed E-state index contributed by atoms with van der Waals surface area (Å²) in [6.45, 7) is 7.55. The van der Waals surface area contributed by atoms with E-state index < -0.39 is 0 Å². The molecule has 0 amide bonds. The molecule has 118 valence electrons. The van der Waals surface area contributed by atoms with Gasteiger partial charge in [0.25, 0.3) is 0 Å². The fraction of sp³-hybridized carbons (Fsp3) is 0.600. The normalized spacial score (nSPS) is 15.1. The van der Waals surface area contributed by atoms with Crippen molar-refractivity contribution in [1.29, 1.82) is 0 Å². The molecule has 0 atom stereocenters. The van der Waals surface area contributed by atoms with E-state index in [1.165, 1.54) is 19.3 Å². The predicted molar refractivity (Wildman–Crippen MR) is 85.9 cm³/mol. The topological polar surface area (TPSA) is 71.8 Å². The summed E-state index contributed by atoms with van der Waals surface area (Å²) in [5.41, 5.74) is 1.99. The van der Waals surface area contributed by atoms with Gasteiger partial charge in [0.2, 0.25) is 5.95 Å². The minimum absolute atomic E-state index is 0.632. The Morgan fingerprint density at radius 1 is 1.18 bits per heavy atom. The third kappa shape index (κ3) is 3.52. The molecule has 3 heterocycles. The molecule has 0 radical (unpaired) electrons. The van der Waals surface area contributed by atoms with Crippen LogP contribution in [0.3, 0.4) is 0 Å². The van der Waals surface area contributed by atoms with Gasteiger partial charge in [0.15, 0.2) is 5.82 Å². The van der Waals surface area contributed by atoms with Crippen molar-refractivity contribution in [2.75, 3.05) is 23.3 Å². The van der Waals surface area contributed by atoms with Crippen LogP contribution in [-0.4, -0.2) is 38.1 Å². The maximum atomic E-state index is 4.70. The number of aromatic nitrogens is 5. The van der Waals surface area contributed by atoms with Gasteiger partial charge in [-0.05, 0) is 39.2 Å². The number of rotatable bonds is 5. The summed E-state index contributed by atoms with van der Waals surface area (Å²) in [5, 5.41) is 11.7. The Morgan fingerprint density at radius 3 is 2.73 bits per heavy atom. The lowest BCUT2D eigenvalue weighted by Gasteiger charge is -2.27. The van der Waals surface area contributed by atoms with Crippen molar-refractivity contribution >= 4 is 11.8 Å². The molecule has 3 rings (SSSR count). The summed E-state index contributed by atoms with van der Waals surface area (Å²) in [5.74, 6) is 1.63. The summed E-state index contributed by atoms with van der Waals surface area (Å²) in [6, 6.07) is 2.02. The van der Waals surface area contributed by atoms with Crippen molar-refractivity contribution in [3.63, 3.8) is 0 Å². The Balaban J connectivity index is 1.68. The van der Waals surface area contributed by atoms with Gasteiger partial charge in [0, 0.05) is 18.8 Å². The first-order chi connectivity index (χ1) is 10.7. The lowest BCUT2D eigenvalue weighted by molar-refractivity contribution is 0.566. The zero-order valence-electron chi connectivity index (χ0n) is 13.3. The number of piperidine rings is 1. The van der Waals surface area contributed by atoms with Gasteiger partial charge in [-0.3, -0.25) is 0 Å². The quantitative estimate of drug-likeness (QED) is 0.910. The molecule has 0 spiro atoms. The molecule has 0 unspecified atom stereocenters. The van der Waals surface area contributed by atoms with Crippen LogP contribution in [0.25, 0.3) is 0 Å². The number of aryl methyl sites for hydroxylation is 2. The van der Waals surface area contributed by atoms with Gasteiger partial charge < -0.3 is 10.2 Å². The van der Waals surface area contributed by atoms with Gasteiger partial charge in [0.1, 0.15) is 0 Å². The van der Waals surface area contributed by atoms with Gasteiger partial charge in [0.05, 0.1) is 25.0 Å². The molecule has 0 aromatic carbocycles. The van der Waals surface area contributed by atoms with Gasteiger partial charge >= 0.3 is 0 Å². The number of hydrogen-bond donors (Lipinski definition) is 1. The van der Waals surface area contributed by atoms with Gasteiger partial charge in [-0.1, -0.05) is 0 Å². The molecule has 1 fully saturated rings. The number of anilines is 2. The second-order valence-electron chi connectivity index (χ2n) is 5.62. The minimum Gasteiger partial charge on any atom is -0.362 e. The number of hydrogen-bond acceptors (Lipinski definition) is 6. The predicted octanol–water partition coefficient (Wildman–Crippen LogP) is 2.00. The Bertz CT molecular complexity index is 616. The van der Waals surface area contributed by atoms with Crippen LogP contribution in [0, 0.1) is 6.92 Å². The van der Waals surface area contributed by atoms with Crippen LogP contribution in [0.15, 0.2) is 12.3 Å². The van der Waals surface area contributed by atoms with Crippen LogP contribution in [0.5, 0.6) is 0 Å². The summed E-state index contributed by atoms with van der Waals surface area (Å²) in [6.07, 6.45) is 5.50. The third-order valence-corrected chi connectivity index (χ3v) is 3.80. The van der Waals surface area contributed by atoms with E-state index in [-0.39, 0.29) is 0 Å². The van der Waals surface area contributed by atoms with Crippen molar-refractivity contribution in [3.05, 3.63) is 23.7 Å². The maximum Gasteiger partial charge on any atom is 0.225 e. The fourth-order valence-electron chi connectivity index (χ4n) is 2.65. The summed E-state index contributed by atoms with van der Waals surface area (Å²) < 4.78 is 0. The first-order valence-corrected chi connectivity index (χ1v) is 7.98. The van der Waals surface area contributed by atoms with E-state index >= 15 is 0 Å². The van der Waals surface area contributed by atoms with Crippen LogP contribution in [0.1, 0.15) is 37.6 Å². The van der Waals surface area contributed by atoms with E-state index in [2.05, 4.69) is 25.4 Å². The fourth-order valence-corrected chi connectivity index (χ4v) is 2.65. The van der Waals surface area contributed by atoms with Crippen molar-refractivity contribution in [1.82, 2.24) is 25.0 Å². The second-order valence-corrected chi connectivity index (χ2v) is 5.62. The van der Waals surface area contributed by atoms with E-state index in [1.54, 1.807) is 11.0 Å². The van der Waals surface area contributed by atoms with Gasteiger partial charge in [-0.25, -0.2) is 9.97 Å². The molecule has 0 bridgehead atoms. The lowest BCUT2D eigenvalue weighted by Crippen LogP contribution is -2.31. The van der Waals surface area contributed by atoms with Crippen LogP contribution in [-0.2, 0) is 13.1 Å². The highest BCUT2D eigenvalue weighted by atomic mass is 15.5. The van der Waals surface area contributed by atoms with Gasteiger partial charge in [-0.15, -0.1) is 5.10 Å². The summed E-state index contributed by atoms with van der Waals surface area (Å²) in [7, 11) is 0. The van der Waals surface area contributed by atoms with Crippen LogP contribution >= 0.6 is 0 Å². The highest BCUT2D eigenvalue weighted by molar-refractivity contribution is 5.35. The van der Waals surface area contributed by atoms with E-state index in [4.69, 9.17) is 4.98 Å². The Kier molecular flexibility index (Phi) is 4.50. The highest BCUT2D eigenvalue weighted by Gasteiger charge is 2.14. The average Bonchev–Trinajstić information content (AvgIpc) is 3.01. The maximum absolute atomic E-state index is 4.70. The first kappa shape index (κ1) is 14.7. The molecular formula is C15H23N7. The number of nitrogens with one attached hydrogen (secondary N) is 1. The smallest absolute Gasteiger partial charge is 0.225 e. The van der Waals surface area contributed by atoms with Crippen molar-refractivity contribution in [2.24, 2.45) is 0 Å². The summed E-state index contributed by atoms with van der Waals surface area (Å²) in [4.78, 5) is 13.2. The largest absolute Gasteiger partial charge is 0.362 e. The molecule has 0 aliphatic carbocycles. The van der Waals surface area contributed by atoms with Crippen molar-refractivity contribution < 1.29 is 0 Å². The molecule has 0 saturated carbocycles.